The van der Waals surface area contributed by atoms with E-state index in [9.17, 15) is 14.4 Å². The van der Waals surface area contributed by atoms with Gasteiger partial charge in [-0.3, -0.25) is 14.4 Å². The van der Waals surface area contributed by atoms with Gasteiger partial charge in [-0.2, -0.15) is 0 Å². The molecule has 0 radical (unpaired) electrons. The normalized spacial score (nSPS) is 18.0. The molecular weight excluding hydrogens is 298 g/mol. The van der Waals surface area contributed by atoms with Crippen LogP contribution in [0, 0.1) is 6.92 Å². The van der Waals surface area contributed by atoms with E-state index in [0.717, 1.165) is 5.82 Å². The number of aryl methyl sites for hydroxylation is 2. The molecule has 23 heavy (non-hydrogen) atoms. The molecule has 126 valence electrons. The number of carbonyl (C=O) groups excluding carboxylic acids is 3. The highest BCUT2D eigenvalue weighted by atomic mass is 16.2. The summed E-state index contributed by atoms with van der Waals surface area (Å²) in [6, 6.07) is -0.620. The number of nitrogens with zero attached hydrogens (tertiary/aromatic N) is 4. The summed E-state index contributed by atoms with van der Waals surface area (Å²) in [7, 11) is 1.53. The lowest BCUT2D eigenvalue weighted by Crippen LogP contribution is -2.60. The first-order valence-electron chi connectivity index (χ1n) is 7.68. The van der Waals surface area contributed by atoms with Gasteiger partial charge in [0.1, 0.15) is 11.9 Å². The Morgan fingerprint density at radius 2 is 2.09 bits per heavy atom. The molecule has 1 saturated heterocycles. The minimum Gasteiger partial charge on any atom is -0.357 e. The van der Waals surface area contributed by atoms with Gasteiger partial charge >= 0.3 is 0 Å². The number of aromatic nitrogens is 2. The molecular formula is C15H23N5O3. The summed E-state index contributed by atoms with van der Waals surface area (Å²) >= 11 is 0. The van der Waals surface area contributed by atoms with Crippen molar-refractivity contribution in [2.24, 2.45) is 0 Å². The zero-order valence-electron chi connectivity index (χ0n) is 13.8. The largest absolute Gasteiger partial charge is 0.357 e. The van der Waals surface area contributed by atoms with Gasteiger partial charge in [0.2, 0.25) is 17.7 Å². The second-order valence-corrected chi connectivity index (χ2v) is 5.60. The molecule has 8 nitrogen and oxygen atoms in total. The number of carbonyl (C=O) groups is 3. The standard InChI is InChI=1S/C15H23N5O3/c1-11-17-5-7-18(11)6-4-14(22)19-8-9-20(12(2)21)13(10-19)15(23)16-3/h5,7,13H,4,6,8-10H2,1-3H3,(H,16,23)/t13-/m1/s1. The van der Waals surface area contributed by atoms with E-state index < -0.39 is 6.04 Å². The van der Waals surface area contributed by atoms with Crippen LogP contribution in [0.2, 0.25) is 0 Å². The summed E-state index contributed by atoms with van der Waals surface area (Å²) in [5, 5.41) is 2.56. The molecule has 1 aromatic rings. The third-order valence-electron chi connectivity index (χ3n) is 4.18. The molecule has 1 N–H and O–H groups in total. The maximum Gasteiger partial charge on any atom is 0.244 e. The van der Waals surface area contributed by atoms with E-state index >= 15 is 0 Å². The molecule has 0 aliphatic carbocycles. The number of hydrogen-bond acceptors (Lipinski definition) is 4. The Morgan fingerprint density at radius 1 is 1.35 bits per heavy atom. The molecule has 8 heteroatoms. The number of rotatable bonds is 4. The molecule has 3 amide bonds. The average Bonchev–Trinajstić information content (AvgIpc) is 2.96. The lowest BCUT2D eigenvalue weighted by Gasteiger charge is -2.40. The number of piperazine rings is 1. The van der Waals surface area contributed by atoms with E-state index in [4.69, 9.17) is 0 Å². The van der Waals surface area contributed by atoms with Gasteiger partial charge in [-0.15, -0.1) is 0 Å². The minimum absolute atomic E-state index is 0.0183. The second-order valence-electron chi connectivity index (χ2n) is 5.60. The van der Waals surface area contributed by atoms with Gasteiger partial charge in [0.25, 0.3) is 0 Å². The molecule has 1 aromatic heterocycles. The third kappa shape index (κ3) is 3.88. The Morgan fingerprint density at radius 3 is 2.65 bits per heavy atom. The highest BCUT2D eigenvalue weighted by Crippen LogP contribution is 2.12. The van der Waals surface area contributed by atoms with Crippen LogP contribution < -0.4 is 5.32 Å². The van der Waals surface area contributed by atoms with Crippen LogP contribution in [0.3, 0.4) is 0 Å². The zero-order valence-corrected chi connectivity index (χ0v) is 13.8. The Hall–Kier alpha value is -2.38. The van der Waals surface area contributed by atoms with Crippen molar-refractivity contribution >= 4 is 17.7 Å². The van der Waals surface area contributed by atoms with E-state index in [-0.39, 0.29) is 24.3 Å². The van der Waals surface area contributed by atoms with Gasteiger partial charge in [0, 0.05) is 52.4 Å². The molecule has 0 unspecified atom stereocenters. The molecule has 2 rings (SSSR count). The summed E-state index contributed by atoms with van der Waals surface area (Å²) in [6.45, 7) is 4.95. The van der Waals surface area contributed by atoms with Crippen molar-refractivity contribution in [1.82, 2.24) is 24.7 Å². The van der Waals surface area contributed by atoms with Crippen LogP contribution in [0.1, 0.15) is 19.2 Å². The van der Waals surface area contributed by atoms with Crippen molar-refractivity contribution in [2.75, 3.05) is 26.7 Å². The maximum atomic E-state index is 12.4. The van der Waals surface area contributed by atoms with Crippen LogP contribution in [0.15, 0.2) is 12.4 Å². The molecule has 0 bridgehead atoms. The summed E-state index contributed by atoms with van der Waals surface area (Å²) < 4.78 is 1.92. The number of amides is 3. The number of imidazole rings is 1. The van der Waals surface area contributed by atoms with Gasteiger partial charge in [-0.25, -0.2) is 4.98 Å². The van der Waals surface area contributed by atoms with Crippen molar-refractivity contribution in [3.05, 3.63) is 18.2 Å². The first kappa shape index (κ1) is 17.0. The molecule has 0 saturated carbocycles. The Balaban J connectivity index is 1.97. The van der Waals surface area contributed by atoms with Crippen molar-refractivity contribution in [2.45, 2.75) is 32.9 Å². The van der Waals surface area contributed by atoms with E-state index in [2.05, 4.69) is 10.3 Å². The quantitative estimate of drug-likeness (QED) is 0.801. The highest BCUT2D eigenvalue weighted by molar-refractivity contribution is 5.88. The van der Waals surface area contributed by atoms with E-state index in [1.807, 2.05) is 17.7 Å². The van der Waals surface area contributed by atoms with Crippen LogP contribution in [-0.4, -0.2) is 69.8 Å². The lowest BCUT2D eigenvalue weighted by molar-refractivity contribution is -0.147. The van der Waals surface area contributed by atoms with Crippen molar-refractivity contribution in [3.8, 4) is 0 Å². The number of hydrogen-bond donors (Lipinski definition) is 1. The summed E-state index contributed by atoms with van der Waals surface area (Å²) in [4.78, 5) is 43.3. The van der Waals surface area contributed by atoms with E-state index in [1.165, 1.54) is 18.9 Å². The summed E-state index contributed by atoms with van der Waals surface area (Å²) in [6.07, 6.45) is 3.88. The van der Waals surface area contributed by atoms with E-state index in [1.54, 1.807) is 11.1 Å². The predicted molar refractivity (Wildman–Crippen MR) is 83.4 cm³/mol. The Kier molecular flexibility index (Phi) is 5.36. The van der Waals surface area contributed by atoms with Crippen molar-refractivity contribution < 1.29 is 14.4 Å². The van der Waals surface area contributed by atoms with Crippen LogP contribution in [-0.2, 0) is 20.9 Å². The number of nitrogens with one attached hydrogen (secondary N) is 1. The Labute approximate surface area is 135 Å². The first-order valence-corrected chi connectivity index (χ1v) is 7.68. The maximum absolute atomic E-state index is 12.4. The fraction of sp³-hybridized carbons (Fsp3) is 0.600. The first-order chi connectivity index (χ1) is 10.9. The molecule has 1 aliphatic heterocycles. The molecule has 1 fully saturated rings. The molecule has 1 atom stereocenters. The van der Waals surface area contributed by atoms with Crippen molar-refractivity contribution in [1.29, 1.82) is 0 Å². The smallest absolute Gasteiger partial charge is 0.244 e. The molecule has 1 aliphatic rings. The SMILES string of the molecule is CNC(=O)[C@H]1CN(C(=O)CCn2ccnc2C)CCN1C(C)=O. The third-order valence-corrected chi connectivity index (χ3v) is 4.18. The van der Waals surface area contributed by atoms with Crippen LogP contribution >= 0.6 is 0 Å². The highest BCUT2D eigenvalue weighted by Gasteiger charge is 2.34. The van der Waals surface area contributed by atoms with Gasteiger partial charge in [-0.1, -0.05) is 0 Å². The summed E-state index contributed by atoms with van der Waals surface area (Å²) in [5.74, 6) is 0.445. The second kappa shape index (κ2) is 7.26. The minimum atomic E-state index is -0.620. The van der Waals surface area contributed by atoms with E-state index in [0.29, 0.717) is 26.1 Å². The van der Waals surface area contributed by atoms with Gasteiger partial charge in [0.15, 0.2) is 0 Å². The van der Waals surface area contributed by atoms with Gasteiger partial charge in [-0.05, 0) is 6.92 Å². The average molecular weight is 321 g/mol. The molecule has 2 heterocycles. The molecule has 0 spiro atoms. The lowest BCUT2D eigenvalue weighted by atomic mass is 10.1. The Bertz CT molecular complexity index is 598. The van der Waals surface area contributed by atoms with Crippen LogP contribution in [0.25, 0.3) is 0 Å². The number of likely N-dealkylation sites (N-methyl/N-ethyl adjacent to an activating group) is 1. The topological polar surface area (TPSA) is 87.5 Å². The monoisotopic (exact) mass is 321 g/mol. The zero-order chi connectivity index (χ0) is 17.0. The molecule has 0 aromatic carbocycles. The van der Waals surface area contributed by atoms with Crippen molar-refractivity contribution in [3.63, 3.8) is 0 Å². The fourth-order valence-electron chi connectivity index (χ4n) is 2.79. The fourth-order valence-corrected chi connectivity index (χ4v) is 2.79. The van der Waals surface area contributed by atoms with Gasteiger partial charge < -0.3 is 19.7 Å². The van der Waals surface area contributed by atoms with Gasteiger partial charge in [0.05, 0.1) is 6.54 Å². The predicted octanol–water partition coefficient (Wildman–Crippen LogP) is -0.613. The summed E-state index contributed by atoms with van der Waals surface area (Å²) in [5.41, 5.74) is 0. The van der Waals surface area contributed by atoms with Crippen LogP contribution in [0.5, 0.6) is 0 Å². The van der Waals surface area contributed by atoms with Crippen LogP contribution in [0.4, 0.5) is 0 Å².